The molecule has 1 aromatic carbocycles. The number of hydrogen-bond donors (Lipinski definition) is 2. The summed E-state index contributed by atoms with van der Waals surface area (Å²) in [7, 11) is 0. The number of amides is 3. The Kier molecular flexibility index (Phi) is 9.94. The number of nitrogens with one attached hydrogen (secondary N) is 2. The lowest BCUT2D eigenvalue weighted by molar-refractivity contribution is -0.142. The molecule has 0 heterocycles. The van der Waals surface area contributed by atoms with Gasteiger partial charge in [-0.2, -0.15) is 5.26 Å². The van der Waals surface area contributed by atoms with Crippen molar-refractivity contribution >= 4 is 17.9 Å². The van der Waals surface area contributed by atoms with E-state index in [1.807, 2.05) is 6.07 Å². The lowest BCUT2D eigenvalue weighted by Gasteiger charge is -2.34. The van der Waals surface area contributed by atoms with Gasteiger partial charge in [0, 0.05) is 11.6 Å². The van der Waals surface area contributed by atoms with Gasteiger partial charge in [-0.05, 0) is 52.2 Å². The van der Waals surface area contributed by atoms with Gasteiger partial charge in [0.25, 0.3) is 0 Å². The molecular weight excluding hydrogens is 420 g/mol. The van der Waals surface area contributed by atoms with Crippen molar-refractivity contribution < 1.29 is 19.1 Å². The molecule has 2 atom stereocenters. The van der Waals surface area contributed by atoms with Crippen molar-refractivity contribution in [2.45, 2.75) is 72.2 Å². The van der Waals surface area contributed by atoms with Crippen LogP contribution in [0.1, 0.15) is 65.6 Å². The maximum Gasteiger partial charge on any atom is 0.408 e. The molecular formula is C25H34N4O4. The molecule has 0 bridgehead atoms. The predicted octanol–water partition coefficient (Wildman–Crippen LogP) is 3.14. The molecule has 2 unspecified atom stereocenters. The molecule has 1 rings (SSSR count). The SMILES string of the molecule is C#Cc1ccccc1C(C(=O)NC(C)C)N(CC#N)C(=O)C(NC(=O)OC(C)(C)C)C(C)C. The molecule has 0 saturated heterocycles. The van der Waals surface area contributed by atoms with Gasteiger partial charge in [-0.1, -0.05) is 38.0 Å². The second-order valence-corrected chi connectivity index (χ2v) is 9.29. The fraction of sp³-hybridized carbons (Fsp3) is 0.520. The summed E-state index contributed by atoms with van der Waals surface area (Å²) in [5.74, 6) is 1.13. The van der Waals surface area contributed by atoms with E-state index in [-0.39, 0.29) is 18.5 Å². The quantitative estimate of drug-likeness (QED) is 0.463. The minimum Gasteiger partial charge on any atom is -0.444 e. The molecule has 178 valence electrons. The van der Waals surface area contributed by atoms with Crippen LogP contribution in [0.15, 0.2) is 24.3 Å². The van der Waals surface area contributed by atoms with Gasteiger partial charge in [-0.25, -0.2) is 4.79 Å². The molecule has 33 heavy (non-hydrogen) atoms. The van der Waals surface area contributed by atoms with E-state index < -0.39 is 35.6 Å². The Balaban J connectivity index is 3.50. The Morgan fingerprint density at radius 1 is 1.12 bits per heavy atom. The summed E-state index contributed by atoms with van der Waals surface area (Å²) in [6.45, 7) is 11.8. The van der Waals surface area contributed by atoms with Gasteiger partial charge < -0.3 is 20.3 Å². The van der Waals surface area contributed by atoms with Crippen LogP contribution in [0.2, 0.25) is 0 Å². The molecule has 0 saturated carbocycles. The minimum absolute atomic E-state index is 0.210. The molecule has 8 heteroatoms. The van der Waals surface area contributed by atoms with Crippen LogP contribution in [0.25, 0.3) is 0 Å². The molecule has 0 aliphatic carbocycles. The van der Waals surface area contributed by atoms with Crippen LogP contribution in [0, 0.1) is 29.6 Å². The normalized spacial score (nSPS) is 12.8. The first-order valence-corrected chi connectivity index (χ1v) is 10.8. The Morgan fingerprint density at radius 2 is 1.73 bits per heavy atom. The molecule has 0 aliphatic rings. The van der Waals surface area contributed by atoms with Crippen molar-refractivity contribution in [3.63, 3.8) is 0 Å². The smallest absolute Gasteiger partial charge is 0.408 e. The summed E-state index contributed by atoms with van der Waals surface area (Å²) < 4.78 is 5.30. The van der Waals surface area contributed by atoms with E-state index in [1.54, 1.807) is 72.7 Å². The Hall–Kier alpha value is -3.52. The van der Waals surface area contributed by atoms with Gasteiger partial charge in [0.05, 0.1) is 6.07 Å². The summed E-state index contributed by atoms with van der Waals surface area (Å²) in [4.78, 5) is 40.5. The zero-order valence-electron chi connectivity index (χ0n) is 20.4. The molecule has 2 N–H and O–H groups in total. The fourth-order valence-electron chi connectivity index (χ4n) is 3.18. The number of terminal acetylenes is 1. The first-order valence-electron chi connectivity index (χ1n) is 10.8. The zero-order valence-corrected chi connectivity index (χ0v) is 20.4. The molecule has 0 spiro atoms. The first-order chi connectivity index (χ1) is 15.3. The van der Waals surface area contributed by atoms with Crippen molar-refractivity contribution in [3.8, 4) is 18.4 Å². The highest BCUT2D eigenvalue weighted by molar-refractivity contribution is 5.93. The number of carbonyl (C=O) groups is 3. The summed E-state index contributed by atoms with van der Waals surface area (Å²) in [5, 5.41) is 14.9. The number of ether oxygens (including phenoxy) is 1. The van der Waals surface area contributed by atoms with Crippen molar-refractivity contribution in [3.05, 3.63) is 35.4 Å². The van der Waals surface area contributed by atoms with Crippen molar-refractivity contribution in [2.75, 3.05) is 6.54 Å². The van der Waals surface area contributed by atoms with E-state index >= 15 is 0 Å². The third kappa shape index (κ3) is 8.16. The van der Waals surface area contributed by atoms with Crippen molar-refractivity contribution in [2.24, 2.45) is 5.92 Å². The fourth-order valence-corrected chi connectivity index (χ4v) is 3.18. The Morgan fingerprint density at radius 3 is 2.21 bits per heavy atom. The lowest BCUT2D eigenvalue weighted by Crippen LogP contribution is -2.55. The van der Waals surface area contributed by atoms with Gasteiger partial charge in [0.2, 0.25) is 11.8 Å². The van der Waals surface area contributed by atoms with E-state index in [9.17, 15) is 19.6 Å². The zero-order chi connectivity index (χ0) is 25.3. The van der Waals surface area contributed by atoms with Crippen molar-refractivity contribution in [1.29, 1.82) is 5.26 Å². The van der Waals surface area contributed by atoms with Gasteiger partial charge >= 0.3 is 6.09 Å². The number of rotatable bonds is 8. The second kappa shape index (κ2) is 11.9. The third-order valence-corrected chi connectivity index (χ3v) is 4.53. The maximum atomic E-state index is 13.7. The van der Waals surface area contributed by atoms with Crippen LogP contribution in [-0.4, -0.2) is 47.0 Å². The van der Waals surface area contributed by atoms with Crippen LogP contribution in [-0.2, 0) is 14.3 Å². The molecule has 3 amide bonds. The standard InChI is InChI=1S/C25H34N4O4/c1-9-18-12-10-11-13-19(18)21(22(30)27-17(4)5)29(15-14-26)23(31)20(16(2)3)28-24(32)33-25(6,7)8/h1,10-13,16-17,20-21H,15H2,2-8H3,(H,27,30)(H,28,32). The first kappa shape index (κ1) is 27.5. The topological polar surface area (TPSA) is 112 Å². The highest BCUT2D eigenvalue weighted by Crippen LogP contribution is 2.26. The van der Waals surface area contributed by atoms with E-state index in [0.717, 1.165) is 4.90 Å². The molecule has 0 radical (unpaired) electrons. The van der Waals surface area contributed by atoms with Crippen molar-refractivity contribution in [1.82, 2.24) is 15.5 Å². The van der Waals surface area contributed by atoms with Crippen LogP contribution in [0.3, 0.4) is 0 Å². The third-order valence-electron chi connectivity index (χ3n) is 4.53. The van der Waals surface area contributed by atoms with E-state index in [4.69, 9.17) is 11.2 Å². The monoisotopic (exact) mass is 454 g/mol. The summed E-state index contributed by atoms with van der Waals surface area (Å²) >= 11 is 0. The van der Waals surface area contributed by atoms with Gasteiger partial charge in [-0.3, -0.25) is 9.59 Å². The van der Waals surface area contributed by atoms with Gasteiger partial charge in [0.15, 0.2) is 0 Å². The molecule has 8 nitrogen and oxygen atoms in total. The van der Waals surface area contributed by atoms with Crippen LogP contribution < -0.4 is 10.6 Å². The number of hydrogen-bond acceptors (Lipinski definition) is 5. The second-order valence-electron chi connectivity index (χ2n) is 9.29. The molecule has 1 aromatic rings. The molecule has 0 aliphatic heterocycles. The average molecular weight is 455 g/mol. The predicted molar refractivity (Wildman–Crippen MR) is 126 cm³/mol. The molecule has 0 aromatic heterocycles. The van der Waals surface area contributed by atoms with E-state index in [2.05, 4.69) is 16.6 Å². The van der Waals surface area contributed by atoms with E-state index in [0.29, 0.717) is 11.1 Å². The number of benzene rings is 1. The Bertz CT molecular complexity index is 935. The van der Waals surface area contributed by atoms with Gasteiger partial charge in [-0.15, -0.1) is 6.42 Å². The number of nitrogens with zero attached hydrogens (tertiary/aromatic N) is 2. The largest absolute Gasteiger partial charge is 0.444 e. The van der Waals surface area contributed by atoms with Crippen LogP contribution in [0.5, 0.6) is 0 Å². The minimum atomic E-state index is -1.16. The average Bonchev–Trinajstić information content (AvgIpc) is 2.69. The molecule has 0 fully saturated rings. The number of alkyl carbamates (subject to hydrolysis) is 1. The maximum absolute atomic E-state index is 13.7. The number of nitriles is 1. The summed E-state index contributed by atoms with van der Waals surface area (Å²) in [6, 6.07) is 6.32. The lowest BCUT2D eigenvalue weighted by atomic mass is 9.95. The van der Waals surface area contributed by atoms with Gasteiger partial charge in [0.1, 0.15) is 24.2 Å². The summed E-state index contributed by atoms with van der Waals surface area (Å²) in [6.07, 6.45) is 4.88. The highest BCUT2D eigenvalue weighted by atomic mass is 16.6. The van der Waals surface area contributed by atoms with Crippen LogP contribution >= 0.6 is 0 Å². The van der Waals surface area contributed by atoms with E-state index in [1.165, 1.54) is 0 Å². The number of carbonyl (C=O) groups excluding carboxylic acids is 3. The van der Waals surface area contributed by atoms with Crippen LogP contribution in [0.4, 0.5) is 4.79 Å². The highest BCUT2D eigenvalue weighted by Gasteiger charge is 2.38. The summed E-state index contributed by atoms with van der Waals surface area (Å²) in [5.41, 5.74) is 0.0896. The Labute approximate surface area is 196 Å².